The zero-order valence-electron chi connectivity index (χ0n) is 17.2. The first-order valence-electron chi connectivity index (χ1n) is 10.2. The van der Waals surface area contributed by atoms with Crippen LogP contribution in [0.1, 0.15) is 43.2 Å². The first kappa shape index (κ1) is 20.5. The van der Waals surface area contributed by atoms with Crippen molar-refractivity contribution in [3.8, 4) is 0 Å². The van der Waals surface area contributed by atoms with Gasteiger partial charge in [0.25, 0.3) is 0 Å². The molecule has 3 amide bonds. The van der Waals surface area contributed by atoms with Crippen molar-refractivity contribution in [2.45, 2.75) is 44.4 Å². The van der Waals surface area contributed by atoms with Gasteiger partial charge in [0, 0.05) is 39.0 Å². The molecule has 6 heteroatoms. The number of hydrogen-bond donors (Lipinski definition) is 0. The van der Waals surface area contributed by atoms with Gasteiger partial charge in [-0.2, -0.15) is 0 Å². The van der Waals surface area contributed by atoms with Gasteiger partial charge in [0.15, 0.2) is 0 Å². The molecule has 0 spiro atoms. The molecule has 1 unspecified atom stereocenters. The number of aryl methyl sites for hydroxylation is 1. The molecule has 152 valence electrons. The van der Waals surface area contributed by atoms with Gasteiger partial charge >= 0.3 is 0 Å². The van der Waals surface area contributed by atoms with E-state index in [9.17, 15) is 14.4 Å². The summed E-state index contributed by atoms with van der Waals surface area (Å²) in [6, 6.07) is 7.65. The van der Waals surface area contributed by atoms with E-state index in [1.165, 1.54) is 4.90 Å². The fourth-order valence-corrected chi connectivity index (χ4v) is 4.39. The molecule has 0 saturated carbocycles. The topological polar surface area (TPSA) is 60.9 Å². The van der Waals surface area contributed by atoms with Gasteiger partial charge in [0.05, 0.1) is 5.41 Å². The number of nitrogens with zero attached hydrogens (tertiary/aromatic N) is 3. The van der Waals surface area contributed by atoms with Crippen molar-refractivity contribution >= 4 is 17.7 Å². The molecule has 0 aliphatic carbocycles. The van der Waals surface area contributed by atoms with Gasteiger partial charge in [0.1, 0.15) is 0 Å². The minimum absolute atomic E-state index is 0.0152. The van der Waals surface area contributed by atoms with Crippen molar-refractivity contribution in [3.05, 3.63) is 35.4 Å². The summed E-state index contributed by atoms with van der Waals surface area (Å²) in [6.07, 6.45) is 3.29. The van der Waals surface area contributed by atoms with Gasteiger partial charge in [-0.1, -0.05) is 24.3 Å². The van der Waals surface area contributed by atoms with Crippen LogP contribution in [0.25, 0.3) is 0 Å². The summed E-state index contributed by atoms with van der Waals surface area (Å²) >= 11 is 0. The third-order valence-corrected chi connectivity index (χ3v) is 6.00. The lowest BCUT2D eigenvalue weighted by molar-refractivity contribution is -0.143. The van der Waals surface area contributed by atoms with E-state index in [-0.39, 0.29) is 30.6 Å². The van der Waals surface area contributed by atoms with Crippen LogP contribution in [0.5, 0.6) is 0 Å². The highest BCUT2D eigenvalue weighted by atomic mass is 16.2. The first-order chi connectivity index (χ1) is 13.3. The number of likely N-dealkylation sites (tertiary alicyclic amines) is 2. The Morgan fingerprint density at radius 3 is 2.43 bits per heavy atom. The monoisotopic (exact) mass is 385 g/mol. The average Bonchev–Trinajstić information content (AvgIpc) is 2.91. The third-order valence-electron chi connectivity index (χ3n) is 6.00. The minimum Gasteiger partial charge on any atom is -0.343 e. The van der Waals surface area contributed by atoms with Gasteiger partial charge in [0.2, 0.25) is 17.7 Å². The van der Waals surface area contributed by atoms with Crippen LogP contribution in [0.2, 0.25) is 0 Å². The summed E-state index contributed by atoms with van der Waals surface area (Å²) in [6.45, 7) is 4.41. The molecule has 2 saturated heterocycles. The van der Waals surface area contributed by atoms with Crippen molar-refractivity contribution < 1.29 is 14.4 Å². The maximum atomic E-state index is 13.5. The first-order valence-corrected chi connectivity index (χ1v) is 10.2. The Labute approximate surface area is 167 Å². The smallest absolute Gasteiger partial charge is 0.240 e. The third kappa shape index (κ3) is 3.97. The van der Waals surface area contributed by atoms with Crippen LogP contribution in [0.3, 0.4) is 0 Å². The van der Waals surface area contributed by atoms with Gasteiger partial charge in [-0.3, -0.25) is 19.3 Å². The molecular formula is C22H31N3O3. The highest BCUT2D eigenvalue weighted by Crippen LogP contribution is 2.41. The Morgan fingerprint density at radius 1 is 1.11 bits per heavy atom. The van der Waals surface area contributed by atoms with E-state index in [1.54, 1.807) is 0 Å². The zero-order chi connectivity index (χ0) is 20.3. The molecule has 0 aromatic heterocycles. The Hall–Kier alpha value is -2.21. The Kier molecular flexibility index (Phi) is 6.18. The van der Waals surface area contributed by atoms with E-state index in [0.717, 1.165) is 43.5 Å². The average molecular weight is 386 g/mol. The second-order valence-electron chi connectivity index (χ2n) is 8.35. The molecule has 2 fully saturated rings. The standard InChI is InChI=1S/C22H31N3O3/c1-17-9-5-6-10-18(17)22(15-19(26)24-11-7-4-8-12-24)16-20(27)25(21(22)28)14-13-23(2)3/h5-6,9-10H,4,7-8,11-16H2,1-3H3. The Balaban J connectivity index is 1.94. The maximum absolute atomic E-state index is 13.5. The number of carbonyl (C=O) groups is 3. The van der Waals surface area contributed by atoms with Crippen LogP contribution in [-0.4, -0.2) is 72.7 Å². The lowest BCUT2D eigenvalue weighted by Crippen LogP contribution is -2.45. The van der Waals surface area contributed by atoms with Crippen molar-refractivity contribution in [2.24, 2.45) is 0 Å². The van der Waals surface area contributed by atoms with Crippen LogP contribution in [0, 0.1) is 6.92 Å². The maximum Gasteiger partial charge on any atom is 0.240 e. The van der Waals surface area contributed by atoms with Crippen molar-refractivity contribution in [2.75, 3.05) is 40.3 Å². The quantitative estimate of drug-likeness (QED) is 0.703. The molecule has 1 aromatic rings. The fraction of sp³-hybridized carbons (Fsp3) is 0.591. The van der Waals surface area contributed by atoms with E-state index in [2.05, 4.69) is 0 Å². The molecule has 2 aliphatic heterocycles. The SMILES string of the molecule is Cc1ccccc1C1(CC(=O)N2CCCCC2)CC(=O)N(CCN(C)C)C1=O. The predicted molar refractivity (Wildman–Crippen MR) is 108 cm³/mol. The summed E-state index contributed by atoms with van der Waals surface area (Å²) < 4.78 is 0. The van der Waals surface area contributed by atoms with Crippen LogP contribution < -0.4 is 0 Å². The van der Waals surface area contributed by atoms with Crippen LogP contribution in [-0.2, 0) is 19.8 Å². The van der Waals surface area contributed by atoms with E-state index in [4.69, 9.17) is 0 Å². The normalized spacial score (nSPS) is 23.0. The van der Waals surface area contributed by atoms with Crippen molar-refractivity contribution in [3.63, 3.8) is 0 Å². The van der Waals surface area contributed by atoms with Gasteiger partial charge < -0.3 is 9.80 Å². The second kappa shape index (κ2) is 8.43. The summed E-state index contributed by atoms with van der Waals surface area (Å²) in [7, 11) is 3.83. The molecule has 6 nitrogen and oxygen atoms in total. The molecule has 2 heterocycles. The number of hydrogen-bond acceptors (Lipinski definition) is 4. The molecule has 28 heavy (non-hydrogen) atoms. The highest BCUT2D eigenvalue weighted by molar-refractivity contribution is 6.11. The number of amides is 3. The second-order valence-corrected chi connectivity index (χ2v) is 8.35. The van der Waals surface area contributed by atoms with Crippen molar-refractivity contribution in [1.82, 2.24) is 14.7 Å². The van der Waals surface area contributed by atoms with Gasteiger partial charge in [-0.25, -0.2) is 0 Å². The largest absolute Gasteiger partial charge is 0.343 e. The van der Waals surface area contributed by atoms with Crippen molar-refractivity contribution in [1.29, 1.82) is 0 Å². The van der Waals surface area contributed by atoms with E-state index < -0.39 is 5.41 Å². The number of carbonyl (C=O) groups excluding carboxylic acids is 3. The molecule has 0 bridgehead atoms. The zero-order valence-corrected chi connectivity index (χ0v) is 17.2. The van der Waals surface area contributed by atoms with Crippen LogP contribution >= 0.6 is 0 Å². The molecule has 0 radical (unpaired) electrons. The van der Waals surface area contributed by atoms with Crippen LogP contribution in [0.4, 0.5) is 0 Å². The minimum atomic E-state index is -1.08. The number of imide groups is 1. The van der Waals surface area contributed by atoms with E-state index in [0.29, 0.717) is 13.1 Å². The number of piperidine rings is 1. The number of likely N-dealkylation sites (N-methyl/N-ethyl adjacent to an activating group) is 1. The van der Waals surface area contributed by atoms with Gasteiger partial charge in [-0.15, -0.1) is 0 Å². The van der Waals surface area contributed by atoms with E-state index >= 15 is 0 Å². The van der Waals surface area contributed by atoms with E-state index in [1.807, 2.05) is 55.1 Å². The predicted octanol–water partition coefficient (Wildman–Crippen LogP) is 1.96. The number of benzene rings is 1. The fourth-order valence-electron chi connectivity index (χ4n) is 4.39. The summed E-state index contributed by atoms with van der Waals surface area (Å²) in [4.78, 5) is 44.6. The molecule has 1 atom stereocenters. The molecular weight excluding hydrogens is 354 g/mol. The highest BCUT2D eigenvalue weighted by Gasteiger charge is 2.54. The summed E-state index contributed by atoms with van der Waals surface area (Å²) in [5.41, 5.74) is 0.680. The molecule has 2 aliphatic rings. The lowest BCUT2D eigenvalue weighted by atomic mass is 9.73. The van der Waals surface area contributed by atoms with Gasteiger partial charge in [-0.05, 0) is 51.4 Å². The molecule has 0 N–H and O–H groups in total. The molecule has 1 aromatic carbocycles. The number of rotatable bonds is 6. The Morgan fingerprint density at radius 2 is 1.79 bits per heavy atom. The molecule has 3 rings (SSSR count). The summed E-state index contributed by atoms with van der Waals surface area (Å²) in [5, 5.41) is 0. The Bertz CT molecular complexity index is 755. The van der Waals surface area contributed by atoms with Crippen LogP contribution in [0.15, 0.2) is 24.3 Å². The summed E-state index contributed by atoms with van der Waals surface area (Å²) in [5.74, 6) is -0.417. The lowest BCUT2D eigenvalue weighted by Gasteiger charge is -2.33.